The summed E-state index contributed by atoms with van der Waals surface area (Å²) in [6.07, 6.45) is 1.05. The third-order valence-electron chi connectivity index (χ3n) is 2.90. The fourth-order valence-corrected chi connectivity index (χ4v) is 2.91. The molecule has 2 rings (SSSR count). The average Bonchev–Trinajstić information content (AvgIpc) is 2.77. The molecule has 3 N–H and O–H groups in total. The Labute approximate surface area is 106 Å². The van der Waals surface area contributed by atoms with Crippen molar-refractivity contribution in [2.75, 3.05) is 0 Å². The zero-order valence-electron chi connectivity index (χ0n) is 10.2. The average molecular weight is 246 g/mol. The highest BCUT2D eigenvalue weighted by Gasteiger charge is 2.14. The molecule has 2 nitrogen and oxygen atoms in total. The summed E-state index contributed by atoms with van der Waals surface area (Å²) in [6.45, 7) is 4.28. The molecule has 0 radical (unpaired) electrons. The molecule has 0 saturated carbocycles. The summed E-state index contributed by atoms with van der Waals surface area (Å²) in [5, 5.41) is 0. The van der Waals surface area contributed by atoms with Crippen LogP contribution in [0.4, 0.5) is 0 Å². The molecular weight excluding hydrogens is 228 g/mol. The predicted molar refractivity (Wildman–Crippen MR) is 74.0 cm³/mol. The minimum atomic E-state index is 0.0974. The number of nitrogens with one attached hydrogen (secondary N) is 1. The van der Waals surface area contributed by atoms with Gasteiger partial charge in [-0.2, -0.15) is 0 Å². The molecule has 0 saturated heterocycles. The first-order chi connectivity index (χ1) is 8.24. The molecule has 1 heterocycles. The number of benzene rings is 1. The summed E-state index contributed by atoms with van der Waals surface area (Å²) < 4.78 is 0. The first-order valence-corrected chi connectivity index (χ1v) is 6.67. The Morgan fingerprint density at radius 3 is 2.71 bits per heavy atom. The van der Waals surface area contributed by atoms with Crippen LogP contribution >= 0.6 is 11.3 Å². The SMILES string of the molecule is CCc1cccc(C(NN)c2ccc(C)s2)c1. The minimum absolute atomic E-state index is 0.0974. The predicted octanol–water partition coefficient (Wildman–Crippen LogP) is 3.17. The fourth-order valence-electron chi connectivity index (χ4n) is 1.94. The van der Waals surface area contributed by atoms with Crippen LogP contribution in [0.15, 0.2) is 36.4 Å². The second kappa shape index (κ2) is 5.45. The third kappa shape index (κ3) is 2.75. The smallest absolute Gasteiger partial charge is 0.0802 e. The van der Waals surface area contributed by atoms with Gasteiger partial charge in [0.1, 0.15) is 0 Å². The Balaban J connectivity index is 2.34. The van der Waals surface area contributed by atoms with Crippen LogP contribution in [0.2, 0.25) is 0 Å². The lowest BCUT2D eigenvalue weighted by molar-refractivity contribution is 0.646. The van der Waals surface area contributed by atoms with Crippen molar-refractivity contribution >= 4 is 11.3 Å². The van der Waals surface area contributed by atoms with Gasteiger partial charge in [0.05, 0.1) is 6.04 Å². The third-order valence-corrected chi connectivity index (χ3v) is 3.97. The summed E-state index contributed by atoms with van der Waals surface area (Å²) in [7, 11) is 0. The number of thiophene rings is 1. The van der Waals surface area contributed by atoms with E-state index in [4.69, 9.17) is 5.84 Å². The summed E-state index contributed by atoms with van der Waals surface area (Å²) in [6, 6.07) is 13.0. The van der Waals surface area contributed by atoms with E-state index < -0.39 is 0 Å². The Bertz CT molecular complexity index is 490. The zero-order valence-corrected chi connectivity index (χ0v) is 11.1. The summed E-state index contributed by atoms with van der Waals surface area (Å²) >= 11 is 1.79. The van der Waals surface area contributed by atoms with Gasteiger partial charge in [0.25, 0.3) is 0 Å². The quantitative estimate of drug-likeness (QED) is 0.642. The lowest BCUT2D eigenvalue weighted by Crippen LogP contribution is -2.28. The van der Waals surface area contributed by atoms with Crippen LogP contribution in [0.1, 0.15) is 33.8 Å². The van der Waals surface area contributed by atoms with Crippen molar-refractivity contribution in [3.8, 4) is 0 Å². The highest BCUT2D eigenvalue weighted by Crippen LogP contribution is 2.28. The molecule has 0 amide bonds. The van der Waals surface area contributed by atoms with E-state index in [0.29, 0.717) is 0 Å². The number of rotatable bonds is 4. The van der Waals surface area contributed by atoms with Crippen LogP contribution in [-0.2, 0) is 6.42 Å². The lowest BCUT2D eigenvalue weighted by Gasteiger charge is -2.15. The van der Waals surface area contributed by atoms with Crippen molar-refractivity contribution in [1.82, 2.24) is 5.43 Å². The second-order valence-electron chi connectivity index (χ2n) is 4.15. The van der Waals surface area contributed by atoms with Crippen LogP contribution in [-0.4, -0.2) is 0 Å². The van der Waals surface area contributed by atoms with Crippen LogP contribution in [0.25, 0.3) is 0 Å². The molecule has 90 valence electrons. The van der Waals surface area contributed by atoms with Gasteiger partial charge in [0.15, 0.2) is 0 Å². The highest BCUT2D eigenvalue weighted by molar-refractivity contribution is 7.12. The molecule has 3 heteroatoms. The molecule has 0 aliphatic rings. The number of aryl methyl sites for hydroxylation is 2. The Morgan fingerprint density at radius 1 is 1.29 bits per heavy atom. The maximum Gasteiger partial charge on any atom is 0.0802 e. The Morgan fingerprint density at radius 2 is 2.12 bits per heavy atom. The Hall–Kier alpha value is -1.16. The van der Waals surface area contributed by atoms with Crippen molar-refractivity contribution in [3.05, 3.63) is 57.3 Å². The van der Waals surface area contributed by atoms with Gasteiger partial charge in [0, 0.05) is 9.75 Å². The molecule has 0 aliphatic carbocycles. The molecule has 2 aromatic rings. The van der Waals surface area contributed by atoms with Gasteiger partial charge in [-0.05, 0) is 36.6 Å². The zero-order chi connectivity index (χ0) is 12.3. The largest absolute Gasteiger partial charge is 0.271 e. The van der Waals surface area contributed by atoms with Crippen molar-refractivity contribution in [2.24, 2.45) is 5.84 Å². The molecule has 1 atom stereocenters. The monoisotopic (exact) mass is 246 g/mol. The molecule has 0 spiro atoms. The van der Waals surface area contributed by atoms with Gasteiger partial charge in [-0.15, -0.1) is 11.3 Å². The molecule has 1 aromatic heterocycles. The van der Waals surface area contributed by atoms with Gasteiger partial charge in [0.2, 0.25) is 0 Å². The van der Waals surface area contributed by atoms with Crippen molar-refractivity contribution < 1.29 is 0 Å². The Kier molecular flexibility index (Phi) is 3.94. The van der Waals surface area contributed by atoms with Crippen molar-refractivity contribution in [3.63, 3.8) is 0 Å². The molecule has 0 fully saturated rings. The van der Waals surface area contributed by atoms with E-state index in [-0.39, 0.29) is 6.04 Å². The summed E-state index contributed by atoms with van der Waals surface area (Å²) in [5.41, 5.74) is 5.48. The van der Waals surface area contributed by atoms with Crippen LogP contribution in [0, 0.1) is 6.92 Å². The number of hydrazine groups is 1. The van der Waals surface area contributed by atoms with Crippen molar-refractivity contribution in [1.29, 1.82) is 0 Å². The van der Waals surface area contributed by atoms with E-state index in [1.165, 1.54) is 20.9 Å². The first-order valence-electron chi connectivity index (χ1n) is 5.86. The standard InChI is InChI=1S/C14H18N2S/c1-3-11-5-4-6-12(9-11)14(16-15)13-8-7-10(2)17-13/h4-9,14,16H,3,15H2,1-2H3. The van der Waals surface area contributed by atoms with Gasteiger partial charge in [-0.1, -0.05) is 31.2 Å². The fraction of sp³-hybridized carbons (Fsp3) is 0.286. The maximum atomic E-state index is 5.69. The molecule has 1 unspecified atom stereocenters. The van der Waals surface area contributed by atoms with Gasteiger partial charge in [-0.3, -0.25) is 5.84 Å². The molecule has 1 aromatic carbocycles. The summed E-state index contributed by atoms with van der Waals surface area (Å²) in [5.74, 6) is 5.69. The van der Waals surface area contributed by atoms with Crippen molar-refractivity contribution in [2.45, 2.75) is 26.3 Å². The van der Waals surface area contributed by atoms with Gasteiger partial charge < -0.3 is 0 Å². The van der Waals surface area contributed by atoms with E-state index >= 15 is 0 Å². The number of hydrogen-bond donors (Lipinski definition) is 2. The minimum Gasteiger partial charge on any atom is -0.271 e. The number of nitrogens with two attached hydrogens (primary N) is 1. The second-order valence-corrected chi connectivity index (χ2v) is 5.47. The van der Waals surface area contributed by atoms with Crippen LogP contribution in [0.5, 0.6) is 0 Å². The highest BCUT2D eigenvalue weighted by atomic mass is 32.1. The maximum absolute atomic E-state index is 5.69. The van der Waals surface area contributed by atoms with Crippen LogP contribution < -0.4 is 11.3 Å². The topological polar surface area (TPSA) is 38.0 Å². The summed E-state index contributed by atoms with van der Waals surface area (Å²) in [4.78, 5) is 2.57. The van der Waals surface area contributed by atoms with E-state index in [1.807, 2.05) is 0 Å². The molecule has 0 bridgehead atoms. The molecule has 17 heavy (non-hydrogen) atoms. The molecular formula is C14H18N2S. The normalized spacial score (nSPS) is 12.6. The van der Waals surface area contributed by atoms with E-state index in [0.717, 1.165) is 6.42 Å². The first kappa shape index (κ1) is 12.3. The van der Waals surface area contributed by atoms with Gasteiger partial charge >= 0.3 is 0 Å². The van der Waals surface area contributed by atoms with Crippen LogP contribution in [0.3, 0.4) is 0 Å². The number of hydrogen-bond acceptors (Lipinski definition) is 3. The van der Waals surface area contributed by atoms with E-state index in [2.05, 4.69) is 55.7 Å². The van der Waals surface area contributed by atoms with E-state index in [1.54, 1.807) is 11.3 Å². The molecule has 0 aliphatic heterocycles. The van der Waals surface area contributed by atoms with Gasteiger partial charge in [-0.25, -0.2) is 5.43 Å². The lowest BCUT2D eigenvalue weighted by atomic mass is 10.0. The van der Waals surface area contributed by atoms with E-state index in [9.17, 15) is 0 Å².